The highest BCUT2D eigenvalue weighted by atomic mass is 32.1. The molecule has 2 aromatic rings. The van der Waals surface area contributed by atoms with Crippen LogP contribution in [0.3, 0.4) is 0 Å². The number of anilines is 1. The fourth-order valence-corrected chi connectivity index (χ4v) is 4.09. The minimum Gasteiger partial charge on any atom is -0.449 e. The van der Waals surface area contributed by atoms with E-state index in [1.54, 1.807) is 18.0 Å². The predicted octanol–water partition coefficient (Wildman–Crippen LogP) is 3.10. The van der Waals surface area contributed by atoms with Crippen LogP contribution in [0.5, 0.6) is 0 Å². The number of carbonyl (C=O) groups excluding carboxylic acids is 2. The Balaban J connectivity index is 1.61. The Labute approximate surface area is 161 Å². The molecule has 0 saturated heterocycles. The van der Waals surface area contributed by atoms with Gasteiger partial charge < -0.3 is 15.0 Å². The second kappa shape index (κ2) is 8.64. The number of fused-ring (bicyclic) bond motifs is 1. The lowest BCUT2D eigenvalue weighted by atomic mass is 10.0. The first-order valence-electron chi connectivity index (χ1n) is 8.78. The van der Waals surface area contributed by atoms with Crippen molar-refractivity contribution in [2.24, 2.45) is 0 Å². The molecule has 0 fully saturated rings. The third-order valence-corrected chi connectivity index (χ3v) is 5.44. The van der Waals surface area contributed by atoms with Gasteiger partial charge in [0, 0.05) is 36.2 Å². The molecule has 27 heavy (non-hydrogen) atoms. The van der Waals surface area contributed by atoms with Gasteiger partial charge in [-0.2, -0.15) is 5.26 Å². The minimum absolute atomic E-state index is 0.129. The summed E-state index contributed by atoms with van der Waals surface area (Å²) in [5.41, 5.74) is 2.31. The van der Waals surface area contributed by atoms with Gasteiger partial charge in [0.05, 0.1) is 18.7 Å². The molecular weight excluding hydrogens is 364 g/mol. The van der Waals surface area contributed by atoms with Crippen LogP contribution in [-0.2, 0) is 28.9 Å². The van der Waals surface area contributed by atoms with E-state index in [4.69, 9.17) is 4.74 Å². The second-order valence-electron chi connectivity index (χ2n) is 6.08. The standard InChI is InChI=1S/C19H20N4O3S/c1-2-17(24)22-18-15(11-20)14-6-9-23(12-16(14)27-18)19(25)26-10-7-13-5-3-4-8-21-13/h3-5,8H,2,6-7,9-10,12H2,1H3,(H,22,24). The van der Waals surface area contributed by atoms with Crippen LogP contribution in [0, 0.1) is 11.3 Å². The molecule has 0 unspecified atom stereocenters. The number of carbonyl (C=O) groups is 2. The Morgan fingerprint density at radius 3 is 3.00 bits per heavy atom. The number of nitriles is 1. The van der Waals surface area contributed by atoms with Crippen LogP contribution in [0.15, 0.2) is 24.4 Å². The van der Waals surface area contributed by atoms with E-state index < -0.39 is 0 Å². The van der Waals surface area contributed by atoms with Crippen LogP contribution in [0.1, 0.15) is 35.0 Å². The van der Waals surface area contributed by atoms with Crippen LogP contribution < -0.4 is 5.32 Å². The first-order valence-corrected chi connectivity index (χ1v) is 9.60. The molecule has 3 rings (SSSR count). The molecule has 1 aliphatic heterocycles. The number of pyridine rings is 1. The number of hydrogen-bond acceptors (Lipinski definition) is 6. The summed E-state index contributed by atoms with van der Waals surface area (Å²) in [5, 5.41) is 12.8. The third-order valence-electron chi connectivity index (χ3n) is 4.31. The first-order chi connectivity index (χ1) is 13.1. The summed E-state index contributed by atoms with van der Waals surface area (Å²) < 4.78 is 5.36. The second-order valence-corrected chi connectivity index (χ2v) is 7.18. The Bertz CT molecular complexity index is 873. The van der Waals surface area contributed by atoms with Crippen molar-refractivity contribution in [1.82, 2.24) is 9.88 Å². The van der Waals surface area contributed by atoms with Gasteiger partial charge in [-0.25, -0.2) is 4.79 Å². The lowest BCUT2D eigenvalue weighted by Crippen LogP contribution is -2.36. The average Bonchev–Trinajstić information content (AvgIpc) is 3.04. The van der Waals surface area contributed by atoms with E-state index in [0.29, 0.717) is 42.9 Å². The van der Waals surface area contributed by atoms with Crippen molar-refractivity contribution in [2.75, 3.05) is 18.5 Å². The monoisotopic (exact) mass is 384 g/mol. The fourth-order valence-electron chi connectivity index (χ4n) is 2.86. The van der Waals surface area contributed by atoms with Crippen LogP contribution in [0.25, 0.3) is 0 Å². The number of thiophene rings is 1. The van der Waals surface area contributed by atoms with E-state index in [0.717, 1.165) is 16.1 Å². The smallest absolute Gasteiger partial charge is 0.410 e. The quantitative estimate of drug-likeness (QED) is 0.855. The number of ether oxygens (including phenoxy) is 1. The molecule has 0 aliphatic carbocycles. The van der Waals surface area contributed by atoms with Crippen LogP contribution in [0.2, 0.25) is 0 Å². The van der Waals surface area contributed by atoms with Crippen molar-refractivity contribution >= 4 is 28.3 Å². The third kappa shape index (κ3) is 4.44. The molecule has 140 valence electrons. The lowest BCUT2D eigenvalue weighted by Gasteiger charge is -2.26. The van der Waals surface area contributed by atoms with Crippen molar-refractivity contribution < 1.29 is 14.3 Å². The summed E-state index contributed by atoms with van der Waals surface area (Å²) in [6, 6.07) is 7.81. The van der Waals surface area contributed by atoms with Crippen molar-refractivity contribution in [3.05, 3.63) is 46.1 Å². The highest BCUT2D eigenvalue weighted by Crippen LogP contribution is 2.36. The molecule has 0 atom stereocenters. The van der Waals surface area contributed by atoms with E-state index in [9.17, 15) is 14.9 Å². The Hall–Kier alpha value is -2.92. The van der Waals surface area contributed by atoms with E-state index in [1.807, 2.05) is 18.2 Å². The normalized spacial score (nSPS) is 12.8. The number of rotatable bonds is 5. The largest absolute Gasteiger partial charge is 0.449 e. The molecule has 2 aromatic heterocycles. The van der Waals surface area contributed by atoms with E-state index in [2.05, 4.69) is 16.4 Å². The van der Waals surface area contributed by atoms with Gasteiger partial charge in [0.1, 0.15) is 11.1 Å². The van der Waals surface area contributed by atoms with Crippen molar-refractivity contribution in [3.63, 3.8) is 0 Å². The summed E-state index contributed by atoms with van der Waals surface area (Å²) in [5.74, 6) is -0.129. The predicted molar refractivity (Wildman–Crippen MR) is 101 cm³/mol. The van der Waals surface area contributed by atoms with Crippen LogP contribution in [-0.4, -0.2) is 35.0 Å². The molecule has 7 nitrogen and oxygen atoms in total. The van der Waals surface area contributed by atoms with Gasteiger partial charge >= 0.3 is 6.09 Å². The number of nitrogens with one attached hydrogen (secondary N) is 1. The molecule has 1 aliphatic rings. The van der Waals surface area contributed by atoms with E-state index in [-0.39, 0.29) is 18.6 Å². The average molecular weight is 384 g/mol. The van der Waals surface area contributed by atoms with Crippen molar-refractivity contribution in [3.8, 4) is 6.07 Å². The molecule has 0 aromatic carbocycles. The van der Waals surface area contributed by atoms with Gasteiger partial charge in [0.2, 0.25) is 5.91 Å². The Kier molecular flexibility index (Phi) is 6.04. The van der Waals surface area contributed by atoms with Crippen LogP contribution >= 0.6 is 11.3 Å². The molecular formula is C19H20N4O3S. The zero-order valence-electron chi connectivity index (χ0n) is 15.0. The summed E-state index contributed by atoms with van der Waals surface area (Å²) in [4.78, 5) is 30.8. The lowest BCUT2D eigenvalue weighted by molar-refractivity contribution is -0.115. The topological polar surface area (TPSA) is 95.3 Å². The van der Waals surface area contributed by atoms with Gasteiger partial charge in [0.15, 0.2) is 0 Å². The number of amides is 2. The highest BCUT2D eigenvalue weighted by molar-refractivity contribution is 7.16. The molecule has 2 amide bonds. The van der Waals surface area contributed by atoms with Gasteiger partial charge in [-0.15, -0.1) is 11.3 Å². The summed E-state index contributed by atoms with van der Waals surface area (Å²) in [6.45, 7) is 2.91. The van der Waals surface area contributed by atoms with Crippen LogP contribution in [0.4, 0.5) is 9.80 Å². The highest BCUT2D eigenvalue weighted by Gasteiger charge is 2.28. The molecule has 1 N–H and O–H groups in total. The summed E-state index contributed by atoms with van der Waals surface area (Å²) >= 11 is 1.36. The fraction of sp³-hybridized carbons (Fsp3) is 0.368. The molecule has 8 heteroatoms. The SMILES string of the molecule is CCC(=O)Nc1sc2c(c1C#N)CCN(C(=O)OCCc1ccccn1)C2. The number of nitrogens with zero attached hydrogens (tertiary/aromatic N) is 3. The molecule has 0 radical (unpaired) electrons. The Morgan fingerprint density at radius 2 is 2.30 bits per heavy atom. The maximum atomic E-state index is 12.3. The van der Waals surface area contributed by atoms with E-state index in [1.165, 1.54) is 11.3 Å². The first kappa shape index (κ1) is 18.9. The van der Waals surface area contributed by atoms with Gasteiger partial charge in [-0.1, -0.05) is 13.0 Å². The van der Waals surface area contributed by atoms with Crippen molar-refractivity contribution in [2.45, 2.75) is 32.7 Å². The zero-order valence-corrected chi connectivity index (χ0v) is 15.8. The minimum atomic E-state index is -0.373. The summed E-state index contributed by atoms with van der Waals surface area (Å²) in [6.07, 6.45) is 2.83. The molecule has 3 heterocycles. The number of hydrogen-bond donors (Lipinski definition) is 1. The van der Waals surface area contributed by atoms with Gasteiger partial charge in [0.25, 0.3) is 0 Å². The zero-order chi connectivity index (χ0) is 19.2. The van der Waals surface area contributed by atoms with Gasteiger partial charge in [-0.05, 0) is 24.1 Å². The Morgan fingerprint density at radius 1 is 1.44 bits per heavy atom. The molecule has 0 bridgehead atoms. The summed E-state index contributed by atoms with van der Waals surface area (Å²) in [7, 11) is 0. The maximum absolute atomic E-state index is 12.3. The van der Waals surface area contributed by atoms with E-state index >= 15 is 0 Å². The molecule has 0 spiro atoms. The number of aromatic nitrogens is 1. The van der Waals surface area contributed by atoms with Crippen molar-refractivity contribution in [1.29, 1.82) is 5.26 Å². The van der Waals surface area contributed by atoms with Gasteiger partial charge in [-0.3, -0.25) is 9.78 Å². The maximum Gasteiger partial charge on any atom is 0.410 e. The molecule has 0 saturated carbocycles.